The normalized spacial score (nSPS) is 24.3. The van der Waals surface area contributed by atoms with Gasteiger partial charge in [0.25, 0.3) is 5.92 Å². The Labute approximate surface area is 248 Å². The number of amides is 1. The van der Waals surface area contributed by atoms with Crippen molar-refractivity contribution in [2.45, 2.75) is 140 Å². The van der Waals surface area contributed by atoms with Gasteiger partial charge in [0, 0.05) is 49.3 Å². The van der Waals surface area contributed by atoms with E-state index in [-0.39, 0.29) is 37.0 Å². The van der Waals surface area contributed by atoms with Gasteiger partial charge in [-0.25, -0.2) is 13.2 Å². The zero-order valence-electron chi connectivity index (χ0n) is 25.5. The molecule has 2 unspecified atom stereocenters. The minimum Gasteiger partial charge on any atom is -0.349 e. The van der Waals surface area contributed by atoms with Crippen molar-refractivity contribution >= 4 is 5.91 Å². The zero-order valence-corrected chi connectivity index (χ0v) is 25.5. The van der Waals surface area contributed by atoms with Gasteiger partial charge in [-0.3, -0.25) is 9.69 Å². The fraction of sp³-hybridized carbons (Fsp3) is 0.727. The maximum Gasteiger partial charge on any atom is 0.250 e. The lowest BCUT2D eigenvalue weighted by Crippen LogP contribution is -2.45. The lowest BCUT2D eigenvalue weighted by molar-refractivity contribution is -0.122. The number of piperidine rings is 1. The number of hydrogen-bond acceptors (Lipinski definition) is 4. The predicted molar refractivity (Wildman–Crippen MR) is 158 cm³/mol. The average Bonchev–Trinajstić information content (AvgIpc) is 3.46. The van der Waals surface area contributed by atoms with E-state index in [0.717, 1.165) is 68.7 Å². The van der Waals surface area contributed by atoms with Crippen molar-refractivity contribution in [1.29, 1.82) is 0 Å². The molecule has 232 valence electrons. The minimum atomic E-state index is -2.71. The molecular formula is C33H48F3N5O. The van der Waals surface area contributed by atoms with Gasteiger partial charge in [0.05, 0.1) is 6.04 Å². The van der Waals surface area contributed by atoms with Crippen molar-refractivity contribution in [2.24, 2.45) is 5.92 Å². The van der Waals surface area contributed by atoms with Crippen LogP contribution in [0.5, 0.6) is 0 Å². The second-order valence-electron chi connectivity index (χ2n) is 13.3. The van der Waals surface area contributed by atoms with Crippen LogP contribution >= 0.6 is 0 Å². The molecule has 3 heterocycles. The summed E-state index contributed by atoms with van der Waals surface area (Å²) in [6.45, 7) is 7.15. The van der Waals surface area contributed by atoms with Crippen LogP contribution in [0.1, 0.15) is 133 Å². The summed E-state index contributed by atoms with van der Waals surface area (Å²) in [5.74, 6) is -1.51. The number of nitrogens with zero attached hydrogens (tertiary/aromatic N) is 4. The number of alkyl halides is 2. The molecule has 1 aromatic carbocycles. The van der Waals surface area contributed by atoms with Gasteiger partial charge in [-0.1, -0.05) is 45.2 Å². The Morgan fingerprint density at radius 2 is 1.76 bits per heavy atom. The fourth-order valence-electron chi connectivity index (χ4n) is 7.86. The Morgan fingerprint density at radius 1 is 1.05 bits per heavy atom. The Kier molecular flexibility index (Phi) is 9.95. The molecule has 1 amide bonds. The van der Waals surface area contributed by atoms with Crippen LogP contribution in [0.4, 0.5) is 13.2 Å². The highest BCUT2D eigenvalue weighted by atomic mass is 19.3. The van der Waals surface area contributed by atoms with E-state index in [9.17, 15) is 18.0 Å². The molecular weight excluding hydrogens is 539 g/mol. The Bertz CT molecular complexity index is 1180. The van der Waals surface area contributed by atoms with Crippen LogP contribution in [0.25, 0.3) is 0 Å². The average molecular weight is 588 g/mol. The summed E-state index contributed by atoms with van der Waals surface area (Å²) in [5.41, 5.74) is 0.722. The first-order valence-corrected chi connectivity index (χ1v) is 16.2. The molecule has 3 fully saturated rings. The van der Waals surface area contributed by atoms with Gasteiger partial charge >= 0.3 is 0 Å². The van der Waals surface area contributed by atoms with E-state index in [2.05, 4.69) is 38.8 Å². The van der Waals surface area contributed by atoms with Crippen molar-refractivity contribution in [3.8, 4) is 0 Å². The standard InChI is InChI=1S/C33H48F3N5O/c1-22(2)32-39-38-23(3)41(32)29-20-27-14-15-28(21-29)40(27)18-16-30(24-9-7-12-26(34)19-24)37-31(42)13-8-17-33(35,36)25-10-5-4-6-11-25/h7,9,12,19,22,25,27-30H,4-6,8,10-11,13-18,20-21H2,1-3H3,(H,37,42)/t27?,28?,29?,30-/m0/s1. The number of rotatable bonds is 12. The first-order chi connectivity index (χ1) is 20.1. The molecule has 2 bridgehead atoms. The van der Waals surface area contributed by atoms with Crippen molar-refractivity contribution < 1.29 is 18.0 Å². The van der Waals surface area contributed by atoms with Crippen LogP contribution in [0, 0.1) is 18.7 Å². The van der Waals surface area contributed by atoms with Crippen LogP contribution < -0.4 is 5.32 Å². The Hall–Kier alpha value is -2.42. The summed E-state index contributed by atoms with van der Waals surface area (Å²) in [4.78, 5) is 15.6. The van der Waals surface area contributed by atoms with Gasteiger partial charge in [-0.2, -0.15) is 0 Å². The summed E-state index contributed by atoms with van der Waals surface area (Å²) < 4.78 is 46.0. The Balaban J connectivity index is 1.19. The molecule has 3 atom stereocenters. The third-order valence-electron chi connectivity index (χ3n) is 10.0. The molecule has 5 rings (SSSR count). The number of aromatic nitrogens is 3. The van der Waals surface area contributed by atoms with Gasteiger partial charge in [0.1, 0.15) is 17.5 Å². The van der Waals surface area contributed by atoms with E-state index >= 15 is 0 Å². The number of carbonyl (C=O) groups is 1. The maximum atomic E-state index is 14.8. The van der Waals surface area contributed by atoms with Gasteiger partial charge in [-0.15, -0.1) is 10.2 Å². The summed E-state index contributed by atoms with van der Waals surface area (Å²) >= 11 is 0. The quantitative estimate of drug-likeness (QED) is 0.277. The topological polar surface area (TPSA) is 63.1 Å². The number of benzene rings is 1. The molecule has 3 aliphatic rings. The van der Waals surface area contributed by atoms with Gasteiger partial charge in [-0.05, 0) is 76.0 Å². The van der Waals surface area contributed by atoms with E-state index in [1.165, 1.54) is 12.1 Å². The van der Waals surface area contributed by atoms with Crippen LogP contribution in [0.3, 0.4) is 0 Å². The molecule has 1 saturated carbocycles. The number of aryl methyl sites for hydroxylation is 1. The minimum absolute atomic E-state index is 0.0568. The van der Waals surface area contributed by atoms with Gasteiger partial charge < -0.3 is 9.88 Å². The van der Waals surface area contributed by atoms with E-state index in [1.807, 2.05) is 13.0 Å². The molecule has 9 heteroatoms. The van der Waals surface area contributed by atoms with Crippen molar-refractivity contribution in [2.75, 3.05) is 6.54 Å². The van der Waals surface area contributed by atoms with Crippen molar-refractivity contribution in [1.82, 2.24) is 25.0 Å². The van der Waals surface area contributed by atoms with Crippen molar-refractivity contribution in [3.63, 3.8) is 0 Å². The van der Waals surface area contributed by atoms with Crippen LogP contribution in [-0.2, 0) is 4.79 Å². The molecule has 2 saturated heterocycles. The molecule has 2 aliphatic heterocycles. The second kappa shape index (κ2) is 13.5. The number of halogens is 3. The van der Waals surface area contributed by atoms with E-state index in [1.54, 1.807) is 6.07 Å². The number of nitrogens with one attached hydrogen (secondary N) is 1. The van der Waals surface area contributed by atoms with E-state index < -0.39 is 11.8 Å². The third kappa shape index (κ3) is 7.20. The van der Waals surface area contributed by atoms with Gasteiger partial charge in [0.2, 0.25) is 5.91 Å². The van der Waals surface area contributed by atoms with Crippen LogP contribution in [-0.4, -0.2) is 50.1 Å². The number of carbonyl (C=O) groups excluding carboxylic acids is 1. The monoisotopic (exact) mass is 587 g/mol. The van der Waals surface area contributed by atoms with Crippen molar-refractivity contribution in [3.05, 3.63) is 47.3 Å². The highest BCUT2D eigenvalue weighted by Crippen LogP contribution is 2.43. The summed E-state index contributed by atoms with van der Waals surface area (Å²) in [7, 11) is 0. The lowest BCUT2D eigenvalue weighted by Gasteiger charge is -2.40. The summed E-state index contributed by atoms with van der Waals surface area (Å²) in [5, 5.41) is 11.9. The lowest BCUT2D eigenvalue weighted by atomic mass is 9.83. The maximum absolute atomic E-state index is 14.8. The second-order valence-corrected chi connectivity index (χ2v) is 13.3. The Morgan fingerprint density at radius 3 is 2.43 bits per heavy atom. The smallest absolute Gasteiger partial charge is 0.250 e. The highest BCUT2D eigenvalue weighted by Gasteiger charge is 2.42. The number of hydrogen-bond donors (Lipinski definition) is 1. The third-order valence-corrected chi connectivity index (χ3v) is 10.0. The first-order valence-electron chi connectivity index (χ1n) is 16.2. The summed E-state index contributed by atoms with van der Waals surface area (Å²) in [6.07, 6.45) is 8.92. The molecule has 0 radical (unpaired) electrons. The molecule has 1 aliphatic carbocycles. The SMILES string of the molecule is Cc1nnc(C(C)C)n1C1CC2CCC(C1)N2CC[C@H](NC(=O)CCCC(F)(F)C1CCCCC1)c1cccc(F)c1. The van der Waals surface area contributed by atoms with Gasteiger partial charge in [0.15, 0.2) is 0 Å². The number of fused-ring (bicyclic) bond motifs is 2. The van der Waals surface area contributed by atoms with Crippen LogP contribution in [0.2, 0.25) is 0 Å². The molecule has 42 heavy (non-hydrogen) atoms. The first kappa shape index (κ1) is 31.0. The largest absolute Gasteiger partial charge is 0.349 e. The molecule has 2 aromatic rings. The van der Waals surface area contributed by atoms with E-state index in [4.69, 9.17) is 0 Å². The predicted octanol–water partition coefficient (Wildman–Crippen LogP) is 7.65. The summed E-state index contributed by atoms with van der Waals surface area (Å²) in [6, 6.07) is 7.30. The zero-order chi connectivity index (χ0) is 29.9. The van der Waals surface area contributed by atoms with E-state index in [0.29, 0.717) is 43.3 Å². The highest BCUT2D eigenvalue weighted by molar-refractivity contribution is 5.76. The van der Waals surface area contributed by atoms with Crippen LogP contribution in [0.15, 0.2) is 24.3 Å². The fourth-order valence-corrected chi connectivity index (χ4v) is 7.86. The molecule has 0 spiro atoms. The molecule has 1 aromatic heterocycles. The molecule has 6 nitrogen and oxygen atoms in total. The molecule has 1 N–H and O–H groups in total.